The van der Waals surface area contributed by atoms with Gasteiger partial charge >= 0.3 is 0 Å². The molecule has 2 aromatic rings. The Morgan fingerprint density at radius 2 is 1.93 bits per heavy atom. The lowest BCUT2D eigenvalue weighted by molar-refractivity contribution is 1.17. The monoisotopic (exact) mass is 186 g/mol. The van der Waals surface area contributed by atoms with Crippen LogP contribution in [0.1, 0.15) is 5.56 Å². The molecule has 0 radical (unpaired) electrons. The SMILES string of the molecule is Cc1cc(-c2cnccn2)ncc1N. The van der Waals surface area contributed by atoms with Crippen molar-refractivity contribution in [2.75, 3.05) is 5.73 Å². The second-order valence-electron chi connectivity index (χ2n) is 3.02. The molecule has 2 rings (SSSR count). The molecule has 0 atom stereocenters. The van der Waals surface area contributed by atoms with E-state index < -0.39 is 0 Å². The van der Waals surface area contributed by atoms with Gasteiger partial charge in [0.1, 0.15) is 5.69 Å². The van der Waals surface area contributed by atoms with Crippen molar-refractivity contribution in [1.82, 2.24) is 15.0 Å². The van der Waals surface area contributed by atoms with Gasteiger partial charge in [0.05, 0.1) is 23.8 Å². The fourth-order valence-electron chi connectivity index (χ4n) is 1.14. The van der Waals surface area contributed by atoms with Gasteiger partial charge in [0.15, 0.2) is 0 Å². The summed E-state index contributed by atoms with van der Waals surface area (Å²) in [6, 6.07) is 1.90. The summed E-state index contributed by atoms with van der Waals surface area (Å²) in [4.78, 5) is 12.3. The Labute approximate surface area is 81.9 Å². The highest BCUT2D eigenvalue weighted by Gasteiger charge is 2.01. The van der Waals surface area contributed by atoms with Crippen molar-refractivity contribution in [2.24, 2.45) is 0 Å². The van der Waals surface area contributed by atoms with Crippen molar-refractivity contribution in [3.8, 4) is 11.4 Å². The summed E-state index contributed by atoms with van der Waals surface area (Å²) >= 11 is 0. The number of nitrogen functional groups attached to an aromatic ring is 1. The normalized spacial score (nSPS) is 10.1. The van der Waals surface area contributed by atoms with Crippen LogP contribution in [0.3, 0.4) is 0 Å². The van der Waals surface area contributed by atoms with Crippen LogP contribution >= 0.6 is 0 Å². The zero-order chi connectivity index (χ0) is 9.97. The van der Waals surface area contributed by atoms with E-state index in [1.54, 1.807) is 24.8 Å². The number of nitrogens with zero attached hydrogens (tertiary/aromatic N) is 3. The van der Waals surface area contributed by atoms with E-state index in [4.69, 9.17) is 5.73 Å². The fourth-order valence-corrected chi connectivity index (χ4v) is 1.14. The minimum absolute atomic E-state index is 0.692. The number of aromatic nitrogens is 3. The molecule has 2 aromatic heterocycles. The predicted molar refractivity (Wildman–Crippen MR) is 54.4 cm³/mol. The van der Waals surface area contributed by atoms with Crippen LogP contribution < -0.4 is 5.73 Å². The standard InChI is InChI=1S/C10H10N4/c1-7-4-9(14-5-8(7)11)10-6-12-2-3-13-10/h2-6H,11H2,1H3. The second kappa shape index (κ2) is 3.41. The molecule has 4 heteroatoms. The first kappa shape index (κ1) is 8.62. The third-order valence-electron chi connectivity index (χ3n) is 1.98. The van der Waals surface area contributed by atoms with Gasteiger partial charge in [0.25, 0.3) is 0 Å². The van der Waals surface area contributed by atoms with E-state index in [-0.39, 0.29) is 0 Å². The molecular weight excluding hydrogens is 176 g/mol. The molecular formula is C10H10N4. The van der Waals surface area contributed by atoms with E-state index in [1.807, 2.05) is 13.0 Å². The summed E-state index contributed by atoms with van der Waals surface area (Å²) in [6.45, 7) is 1.94. The van der Waals surface area contributed by atoms with Crippen molar-refractivity contribution in [3.63, 3.8) is 0 Å². The van der Waals surface area contributed by atoms with Gasteiger partial charge in [-0.15, -0.1) is 0 Å². The number of hydrogen-bond acceptors (Lipinski definition) is 4. The zero-order valence-electron chi connectivity index (χ0n) is 7.81. The molecule has 2 heterocycles. The zero-order valence-corrected chi connectivity index (χ0v) is 7.81. The van der Waals surface area contributed by atoms with Crippen molar-refractivity contribution in [1.29, 1.82) is 0 Å². The minimum atomic E-state index is 0.692. The molecule has 14 heavy (non-hydrogen) atoms. The van der Waals surface area contributed by atoms with E-state index in [0.717, 1.165) is 17.0 Å². The smallest absolute Gasteiger partial charge is 0.107 e. The van der Waals surface area contributed by atoms with E-state index in [9.17, 15) is 0 Å². The van der Waals surface area contributed by atoms with Crippen LogP contribution in [0.2, 0.25) is 0 Å². The van der Waals surface area contributed by atoms with Crippen LogP contribution in [0.15, 0.2) is 30.9 Å². The molecule has 0 aliphatic carbocycles. The highest BCUT2D eigenvalue weighted by atomic mass is 14.8. The fraction of sp³-hybridized carbons (Fsp3) is 0.100. The summed E-state index contributed by atoms with van der Waals surface area (Å²) in [6.07, 6.45) is 6.59. The molecule has 70 valence electrons. The number of aryl methyl sites for hydroxylation is 1. The average molecular weight is 186 g/mol. The second-order valence-corrected chi connectivity index (χ2v) is 3.02. The summed E-state index contributed by atoms with van der Waals surface area (Å²) in [5.41, 5.74) is 8.92. The summed E-state index contributed by atoms with van der Waals surface area (Å²) in [7, 11) is 0. The van der Waals surface area contributed by atoms with E-state index >= 15 is 0 Å². The average Bonchev–Trinajstić information content (AvgIpc) is 2.23. The lowest BCUT2D eigenvalue weighted by Crippen LogP contribution is -1.94. The van der Waals surface area contributed by atoms with Crippen molar-refractivity contribution < 1.29 is 0 Å². The molecule has 0 aliphatic rings. The highest BCUT2D eigenvalue weighted by Crippen LogP contribution is 2.17. The van der Waals surface area contributed by atoms with E-state index in [1.165, 1.54) is 0 Å². The maximum absolute atomic E-state index is 5.67. The number of nitrogens with two attached hydrogens (primary N) is 1. The van der Waals surface area contributed by atoms with Crippen molar-refractivity contribution in [3.05, 3.63) is 36.4 Å². The van der Waals surface area contributed by atoms with Crippen LogP contribution in [0.4, 0.5) is 5.69 Å². The Bertz CT molecular complexity index is 439. The molecule has 0 saturated carbocycles. The molecule has 0 aromatic carbocycles. The molecule has 0 amide bonds. The summed E-state index contributed by atoms with van der Waals surface area (Å²) in [5.74, 6) is 0. The van der Waals surface area contributed by atoms with Crippen LogP contribution in [0, 0.1) is 6.92 Å². The lowest BCUT2D eigenvalue weighted by atomic mass is 10.2. The van der Waals surface area contributed by atoms with Gasteiger partial charge in [-0.05, 0) is 18.6 Å². The minimum Gasteiger partial charge on any atom is -0.397 e. The number of hydrogen-bond donors (Lipinski definition) is 1. The highest BCUT2D eigenvalue weighted by molar-refractivity contribution is 5.58. The summed E-state index contributed by atoms with van der Waals surface area (Å²) in [5, 5.41) is 0. The van der Waals surface area contributed by atoms with Crippen LogP contribution in [-0.2, 0) is 0 Å². The van der Waals surface area contributed by atoms with Crippen molar-refractivity contribution >= 4 is 5.69 Å². The van der Waals surface area contributed by atoms with Crippen LogP contribution in [0.5, 0.6) is 0 Å². The Morgan fingerprint density at radius 1 is 1.07 bits per heavy atom. The number of pyridine rings is 1. The van der Waals surface area contributed by atoms with Gasteiger partial charge < -0.3 is 5.73 Å². The van der Waals surface area contributed by atoms with E-state index in [2.05, 4.69) is 15.0 Å². The molecule has 0 fully saturated rings. The molecule has 0 bridgehead atoms. The third kappa shape index (κ3) is 1.54. The van der Waals surface area contributed by atoms with Gasteiger partial charge in [0, 0.05) is 12.4 Å². The Hall–Kier alpha value is -1.97. The first-order chi connectivity index (χ1) is 6.77. The molecule has 0 spiro atoms. The number of anilines is 1. The molecule has 4 nitrogen and oxygen atoms in total. The Kier molecular flexibility index (Phi) is 2.10. The van der Waals surface area contributed by atoms with Crippen LogP contribution in [-0.4, -0.2) is 15.0 Å². The first-order valence-electron chi connectivity index (χ1n) is 4.26. The van der Waals surface area contributed by atoms with Crippen molar-refractivity contribution in [2.45, 2.75) is 6.92 Å². The quantitative estimate of drug-likeness (QED) is 0.731. The Morgan fingerprint density at radius 3 is 2.57 bits per heavy atom. The van der Waals surface area contributed by atoms with Gasteiger partial charge in [0.2, 0.25) is 0 Å². The maximum atomic E-state index is 5.67. The third-order valence-corrected chi connectivity index (χ3v) is 1.98. The Balaban J connectivity index is 2.48. The molecule has 0 unspecified atom stereocenters. The molecule has 2 N–H and O–H groups in total. The van der Waals surface area contributed by atoms with Gasteiger partial charge in [-0.2, -0.15) is 0 Å². The molecule has 0 aliphatic heterocycles. The van der Waals surface area contributed by atoms with E-state index in [0.29, 0.717) is 5.69 Å². The summed E-state index contributed by atoms with van der Waals surface area (Å²) < 4.78 is 0. The van der Waals surface area contributed by atoms with Gasteiger partial charge in [-0.3, -0.25) is 15.0 Å². The predicted octanol–water partition coefficient (Wildman–Crippen LogP) is 1.43. The van der Waals surface area contributed by atoms with Crippen LogP contribution in [0.25, 0.3) is 11.4 Å². The number of rotatable bonds is 1. The van der Waals surface area contributed by atoms with Gasteiger partial charge in [-0.25, -0.2) is 0 Å². The lowest BCUT2D eigenvalue weighted by Gasteiger charge is -2.02. The maximum Gasteiger partial charge on any atom is 0.107 e. The van der Waals surface area contributed by atoms with Gasteiger partial charge in [-0.1, -0.05) is 0 Å². The molecule has 0 saturated heterocycles. The largest absolute Gasteiger partial charge is 0.397 e. The first-order valence-corrected chi connectivity index (χ1v) is 4.26. The topological polar surface area (TPSA) is 64.7 Å².